The van der Waals surface area contributed by atoms with E-state index in [0.29, 0.717) is 0 Å². The van der Waals surface area contributed by atoms with Gasteiger partial charge in [-0.2, -0.15) is 0 Å². The van der Waals surface area contributed by atoms with Crippen LogP contribution in [0.4, 0.5) is 5.69 Å². The van der Waals surface area contributed by atoms with Crippen LogP contribution in [0.3, 0.4) is 0 Å². The second kappa shape index (κ2) is 2.56. The second-order valence-electron chi connectivity index (χ2n) is 3.20. The maximum absolute atomic E-state index is 5.23. The summed E-state index contributed by atoms with van der Waals surface area (Å²) in [5.41, 5.74) is 4.02. The average molecular weight is 177 g/mol. The van der Waals surface area contributed by atoms with Crippen molar-refractivity contribution in [1.82, 2.24) is 0 Å². The van der Waals surface area contributed by atoms with Crippen LogP contribution in [0, 0.1) is 6.92 Å². The van der Waals surface area contributed by atoms with Gasteiger partial charge in [0.05, 0.1) is 4.99 Å². The van der Waals surface area contributed by atoms with Gasteiger partial charge in [-0.05, 0) is 24.1 Å². The van der Waals surface area contributed by atoms with Crippen molar-refractivity contribution >= 4 is 22.9 Å². The van der Waals surface area contributed by atoms with Gasteiger partial charge in [-0.1, -0.05) is 24.4 Å². The molecule has 0 aromatic heterocycles. The van der Waals surface area contributed by atoms with Gasteiger partial charge < -0.3 is 4.90 Å². The Hall–Kier alpha value is -0.890. The molecule has 62 valence electrons. The lowest BCUT2D eigenvalue weighted by atomic mass is 10.1. The van der Waals surface area contributed by atoms with Gasteiger partial charge in [0.25, 0.3) is 0 Å². The summed E-state index contributed by atoms with van der Waals surface area (Å²) >= 11 is 5.23. The van der Waals surface area contributed by atoms with Crippen molar-refractivity contribution in [2.75, 3.05) is 11.9 Å². The number of hydrogen-bond donors (Lipinski definition) is 0. The standard InChI is InChI=1S/C10H11NS/c1-7-4-3-5-9-8(7)6-10(12)11(9)2/h3-5H,6H2,1-2H3. The molecule has 12 heavy (non-hydrogen) atoms. The van der Waals surface area contributed by atoms with E-state index in [0.717, 1.165) is 11.4 Å². The van der Waals surface area contributed by atoms with Crippen LogP contribution in [0.5, 0.6) is 0 Å². The number of anilines is 1. The molecule has 0 spiro atoms. The van der Waals surface area contributed by atoms with E-state index in [1.165, 1.54) is 16.8 Å². The zero-order chi connectivity index (χ0) is 8.72. The summed E-state index contributed by atoms with van der Waals surface area (Å²) in [5.74, 6) is 0. The molecule has 0 unspecified atom stereocenters. The Balaban J connectivity index is 2.60. The largest absolute Gasteiger partial charge is 0.339 e. The Labute approximate surface area is 78.0 Å². The Morgan fingerprint density at radius 2 is 2.17 bits per heavy atom. The highest BCUT2D eigenvalue weighted by atomic mass is 32.1. The van der Waals surface area contributed by atoms with Crippen LogP contribution in [0.1, 0.15) is 11.1 Å². The number of thiocarbonyl (C=S) groups is 1. The van der Waals surface area contributed by atoms with Crippen molar-refractivity contribution in [1.29, 1.82) is 0 Å². The van der Waals surface area contributed by atoms with Crippen LogP contribution in [0.15, 0.2) is 18.2 Å². The van der Waals surface area contributed by atoms with Gasteiger partial charge >= 0.3 is 0 Å². The molecule has 0 radical (unpaired) electrons. The first kappa shape index (κ1) is 7.74. The second-order valence-corrected chi connectivity index (χ2v) is 3.67. The van der Waals surface area contributed by atoms with Gasteiger partial charge in [0.15, 0.2) is 0 Å². The van der Waals surface area contributed by atoms with E-state index in [2.05, 4.69) is 30.0 Å². The van der Waals surface area contributed by atoms with Crippen LogP contribution in [0.2, 0.25) is 0 Å². The molecule has 0 saturated carbocycles. The summed E-state index contributed by atoms with van der Waals surface area (Å²) in [6.07, 6.45) is 0.938. The van der Waals surface area contributed by atoms with Crippen molar-refractivity contribution in [3.05, 3.63) is 29.3 Å². The third kappa shape index (κ3) is 0.950. The molecule has 1 aromatic rings. The molecular weight excluding hydrogens is 166 g/mol. The molecule has 0 fully saturated rings. The maximum atomic E-state index is 5.23. The lowest BCUT2D eigenvalue weighted by Gasteiger charge is -2.11. The number of fused-ring (bicyclic) bond motifs is 1. The fraction of sp³-hybridized carbons (Fsp3) is 0.300. The predicted molar refractivity (Wildman–Crippen MR) is 55.9 cm³/mol. The third-order valence-electron chi connectivity index (χ3n) is 2.45. The summed E-state index contributed by atoms with van der Waals surface area (Å²) in [4.78, 5) is 3.12. The maximum Gasteiger partial charge on any atom is 0.0866 e. The zero-order valence-corrected chi connectivity index (χ0v) is 8.11. The third-order valence-corrected chi connectivity index (χ3v) is 2.87. The number of rotatable bonds is 0. The van der Waals surface area contributed by atoms with Gasteiger partial charge in [0.1, 0.15) is 0 Å². The van der Waals surface area contributed by atoms with Crippen molar-refractivity contribution in [3.63, 3.8) is 0 Å². The number of benzene rings is 1. The summed E-state index contributed by atoms with van der Waals surface area (Å²) in [7, 11) is 2.04. The van der Waals surface area contributed by atoms with Crippen LogP contribution in [0.25, 0.3) is 0 Å². The lowest BCUT2D eigenvalue weighted by molar-refractivity contribution is 1.30. The van der Waals surface area contributed by atoms with Crippen molar-refractivity contribution in [3.8, 4) is 0 Å². The monoisotopic (exact) mass is 177 g/mol. The first-order valence-electron chi connectivity index (χ1n) is 4.05. The van der Waals surface area contributed by atoms with Crippen molar-refractivity contribution in [2.45, 2.75) is 13.3 Å². The normalized spacial score (nSPS) is 15.2. The molecule has 1 aliphatic rings. The summed E-state index contributed by atoms with van der Waals surface area (Å²) in [5, 5.41) is 0. The van der Waals surface area contributed by atoms with E-state index in [1.54, 1.807) is 0 Å². The molecule has 0 aliphatic carbocycles. The van der Waals surface area contributed by atoms with E-state index < -0.39 is 0 Å². The molecule has 1 nitrogen and oxygen atoms in total. The van der Waals surface area contributed by atoms with Crippen LogP contribution >= 0.6 is 12.2 Å². The Bertz CT molecular complexity index is 344. The topological polar surface area (TPSA) is 3.24 Å². The van der Waals surface area contributed by atoms with Gasteiger partial charge in [0, 0.05) is 19.2 Å². The Morgan fingerprint density at radius 1 is 1.42 bits per heavy atom. The Kier molecular flexibility index (Phi) is 1.65. The van der Waals surface area contributed by atoms with Gasteiger partial charge in [0.2, 0.25) is 0 Å². The minimum Gasteiger partial charge on any atom is -0.339 e. The van der Waals surface area contributed by atoms with E-state index >= 15 is 0 Å². The highest BCUT2D eigenvalue weighted by molar-refractivity contribution is 7.80. The fourth-order valence-corrected chi connectivity index (χ4v) is 1.88. The molecule has 1 heterocycles. The number of likely N-dealkylation sites (N-methyl/N-ethyl adjacent to an activating group) is 1. The van der Waals surface area contributed by atoms with Gasteiger partial charge in [-0.15, -0.1) is 0 Å². The number of aryl methyl sites for hydroxylation is 1. The molecule has 0 bridgehead atoms. The predicted octanol–water partition coefficient (Wildman–Crippen LogP) is 2.31. The molecule has 2 heteroatoms. The molecule has 0 amide bonds. The number of nitrogens with zero attached hydrogens (tertiary/aromatic N) is 1. The van der Waals surface area contributed by atoms with E-state index in [1.807, 2.05) is 7.05 Å². The summed E-state index contributed by atoms with van der Waals surface area (Å²) < 4.78 is 0. The summed E-state index contributed by atoms with van der Waals surface area (Å²) in [6.45, 7) is 2.14. The molecule has 1 aromatic carbocycles. The highest BCUT2D eigenvalue weighted by Gasteiger charge is 2.21. The zero-order valence-electron chi connectivity index (χ0n) is 7.29. The van der Waals surface area contributed by atoms with Crippen molar-refractivity contribution < 1.29 is 0 Å². The quantitative estimate of drug-likeness (QED) is 0.559. The van der Waals surface area contributed by atoms with Crippen LogP contribution in [-0.2, 0) is 6.42 Å². The summed E-state index contributed by atoms with van der Waals surface area (Å²) in [6, 6.07) is 6.35. The lowest BCUT2D eigenvalue weighted by Crippen LogP contribution is -2.18. The minimum absolute atomic E-state index is 0.938. The molecule has 0 atom stereocenters. The van der Waals surface area contributed by atoms with Crippen LogP contribution < -0.4 is 4.90 Å². The van der Waals surface area contributed by atoms with Gasteiger partial charge in [-0.25, -0.2) is 0 Å². The molecule has 2 rings (SSSR count). The van der Waals surface area contributed by atoms with E-state index in [9.17, 15) is 0 Å². The highest BCUT2D eigenvalue weighted by Crippen LogP contribution is 2.30. The SMILES string of the molecule is Cc1cccc2c1CC(=S)N2C. The van der Waals surface area contributed by atoms with Crippen molar-refractivity contribution in [2.24, 2.45) is 0 Å². The Morgan fingerprint density at radius 3 is 2.83 bits per heavy atom. The minimum atomic E-state index is 0.938. The first-order valence-corrected chi connectivity index (χ1v) is 4.46. The first-order chi connectivity index (χ1) is 5.70. The molecular formula is C10H11NS. The van der Waals surface area contributed by atoms with Gasteiger partial charge in [-0.3, -0.25) is 0 Å². The van der Waals surface area contributed by atoms with E-state index in [-0.39, 0.29) is 0 Å². The molecule has 0 saturated heterocycles. The van der Waals surface area contributed by atoms with E-state index in [4.69, 9.17) is 12.2 Å². The molecule has 0 N–H and O–H groups in total. The smallest absolute Gasteiger partial charge is 0.0866 e. The fourth-order valence-electron chi connectivity index (χ4n) is 1.64. The van der Waals surface area contributed by atoms with Crippen LogP contribution in [-0.4, -0.2) is 12.0 Å². The number of hydrogen-bond acceptors (Lipinski definition) is 1. The average Bonchev–Trinajstić information content (AvgIpc) is 2.32. The molecule has 1 aliphatic heterocycles.